The Kier molecular flexibility index (Phi) is 5.48. The van der Waals surface area contributed by atoms with Gasteiger partial charge in [-0.05, 0) is 45.0 Å². The zero-order valence-electron chi connectivity index (χ0n) is 20.1. The Morgan fingerprint density at radius 2 is 1.94 bits per heavy atom. The van der Waals surface area contributed by atoms with Crippen LogP contribution in [0.25, 0.3) is 27.9 Å². The van der Waals surface area contributed by atoms with Crippen LogP contribution in [0.15, 0.2) is 30.7 Å². The molecular weight excluding hydrogens is 416 g/mol. The Labute approximate surface area is 193 Å². The van der Waals surface area contributed by atoms with Crippen molar-refractivity contribution in [2.45, 2.75) is 57.6 Å². The molecule has 4 aromatic rings. The van der Waals surface area contributed by atoms with Gasteiger partial charge in [-0.15, -0.1) is 0 Å². The summed E-state index contributed by atoms with van der Waals surface area (Å²) in [6.07, 6.45) is 9.18. The van der Waals surface area contributed by atoms with E-state index < -0.39 is 0 Å². The number of aromatic nitrogens is 5. The molecule has 0 atom stereocenters. The molecule has 0 radical (unpaired) electrons. The highest BCUT2D eigenvalue weighted by Crippen LogP contribution is 2.39. The van der Waals surface area contributed by atoms with Crippen molar-refractivity contribution >= 4 is 16.7 Å². The molecule has 5 rings (SSSR count). The maximum atomic E-state index is 6.60. The van der Waals surface area contributed by atoms with Crippen molar-refractivity contribution in [3.63, 3.8) is 0 Å². The van der Waals surface area contributed by atoms with Gasteiger partial charge in [-0.2, -0.15) is 5.10 Å². The minimum Gasteiger partial charge on any atom is -0.493 e. The molecule has 1 saturated carbocycles. The van der Waals surface area contributed by atoms with Crippen LogP contribution in [0, 0.1) is 0 Å². The summed E-state index contributed by atoms with van der Waals surface area (Å²) in [6, 6.07) is 6.05. The highest BCUT2D eigenvalue weighted by molar-refractivity contribution is 5.89. The van der Waals surface area contributed by atoms with Gasteiger partial charge in [0, 0.05) is 36.2 Å². The largest absolute Gasteiger partial charge is 0.493 e. The van der Waals surface area contributed by atoms with Gasteiger partial charge in [0.05, 0.1) is 23.8 Å². The molecule has 1 aliphatic carbocycles. The van der Waals surface area contributed by atoms with Crippen molar-refractivity contribution < 1.29 is 9.47 Å². The number of hydrogen-bond donors (Lipinski definition) is 1. The normalized spacial score (nSPS) is 16.2. The van der Waals surface area contributed by atoms with Crippen molar-refractivity contribution in [2.24, 2.45) is 0 Å². The SMILES string of the molecule is COc1cc(-c2[nH]c3ccc(OC4(N(C)C)CCCCC4)nc3c2C(C)C)cn2ncnc12. The van der Waals surface area contributed by atoms with Crippen LogP contribution in [0.5, 0.6) is 11.6 Å². The lowest BCUT2D eigenvalue weighted by molar-refractivity contribution is -0.0870. The molecule has 1 N–H and O–H groups in total. The van der Waals surface area contributed by atoms with Gasteiger partial charge in [-0.1, -0.05) is 20.3 Å². The van der Waals surface area contributed by atoms with Gasteiger partial charge >= 0.3 is 0 Å². The second-order valence-electron chi connectivity index (χ2n) is 9.44. The van der Waals surface area contributed by atoms with Crippen LogP contribution >= 0.6 is 0 Å². The molecule has 0 spiro atoms. The number of hydrogen-bond acceptors (Lipinski definition) is 6. The van der Waals surface area contributed by atoms with Crippen LogP contribution in [0.1, 0.15) is 57.4 Å². The van der Waals surface area contributed by atoms with E-state index in [2.05, 4.69) is 54.0 Å². The van der Waals surface area contributed by atoms with Crippen LogP contribution in [-0.2, 0) is 0 Å². The highest BCUT2D eigenvalue weighted by Gasteiger charge is 2.37. The molecule has 8 heteroatoms. The highest BCUT2D eigenvalue weighted by atomic mass is 16.5. The van der Waals surface area contributed by atoms with Crippen molar-refractivity contribution in [2.75, 3.05) is 21.2 Å². The number of rotatable bonds is 6. The molecule has 0 saturated heterocycles. The third-order valence-electron chi connectivity index (χ3n) is 6.83. The summed E-state index contributed by atoms with van der Waals surface area (Å²) in [6.45, 7) is 4.38. The molecule has 8 nitrogen and oxygen atoms in total. The molecule has 174 valence electrons. The number of methoxy groups -OCH3 is 1. The first-order valence-electron chi connectivity index (χ1n) is 11.7. The average Bonchev–Trinajstić information content (AvgIpc) is 3.43. The Balaban J connectivity index is 1.61. The first-order valence-corrected chi connectivity index (χ1v) is 11.7. The Bertz CT molecular complexity index is 1280. The predicted molar refractivity (Wildman–Crippen MR) is 129 cm³/mol. The molecule has 0 unspecified atom stereocenters. The zero-order valence-corrected chi connectivity index (χ0v) is 20.1. The van der Waals surface area contributed by atoms with Gasteiger partial charge in [0.1, 0.15) is 6.33 Å². The lowest BCUT2D eigenvalue weighted by atomic mass is 9.90. The summed E-state index contributed by atoms with van der Waals surface area (Å²) in [4.78, 5) is 15.1. The average molecular weight is 449 g/mol. The Morgan fingerprint density at radius 1 is 1.15 bits per heavy atom. The molecule has 0 aliphatic heterocycles. The van der Waals surface area contributed by atoms with Crippen molar-refractivity contribution in [1.29, 1.82) is 0 Å². The third kappa shape index (κ3) is 3.72. The smallest absolute Gasteiger partial charge is 0.215 e. The topological polar surface area (TPSA) is 80.6 Å². The fourth-order valence-electron chi connectivity index (χ4n) is 5.04. The number of ether oxygens (including phenoxy) is 2. The standard InChI is InChI=1S/C25H32N6O2/c1-16(2)21-22(17-13-19(32-5)24-26-15-27-31(24)14-17)28-18-9-10-20(29-23(18)21)33-25(30(3)4)11-7-6-8-12-25/h9-10,13-16,28H,6-8,11-12H2,1-5H3. The van der Waals surface area contributed by atoms with Crippen molar-refractivity contribution in [3.05, 3.63) is 36.3 Å². The summed E-state index contributed by atoms with van der Waals surface area (Å²) in [5.41, 5.74) is 5.48. The van der Waals surface area contributed by atoms with Crippen LogP contribution in [0.4, 0.5) is 0 Å². The van der Waals surface area contributed by atoms with E-state index in [0.717, 1.165) is 40.7 Å². The van der Waals surface area contributed by atoms with Gasteiger partial charge in [0.2, 0.25) is 5.88 Å². The first kappa shape index (κ1) is 21.7. The Morgan fingerprint density at radius 3 is 2.64 bits per heavy atom. The van der Waals surface area contributed by atoms with E-state index in [1.165, 1.54) is 25.6 Å². The minimum atomic E-state index is -0.290. The molecule has 1 fully saturated rings. The molecule has 4 aromatic heterocycles. The molecule has 1 aliphatic rings. The number of aromatic amines is 1. The van der Waals surface area contributed by atoms with Gasteiger partial charge in [0.25, 0.3) is 0 Å². The predicted octanol–water partition coefficient (Wildman–Crippen LogP) is 5.01. The lowest BCUT2D eigenvalue weighted by Crippen LogP contribution is -2.50. The third-order valence-corrected chi connectivity index (χ3v) is 6.83. The Hall–Kier alpha value is -3.13. The van der Waals surface area contributed by atoms with Gasteiger partial charge in [-0.3, -0.25) is 4.90 Å². The van der Waals surface area contributed by atoms with E-state index in [4.69, 9.17) is 14.5 Å². The van der Waals surface area contributed by atoms with Gasteiger partial charge in [-0.25, -0.2) is 14.5 Å². The van der Waals surface area contributed by atoms with Gasteiger partial charge in [0.15, 0.2) is 17.1 Å². The van der Waals surface area contributed by atoms with Crippen molar-refractivity contribution in [1.82, 2.24) is 29.5 Å². The molecule has 33 heavy (non-hydrogen) atoms. The zero-order chi connectivity index (χ0) is 23.2. The summed E-state index contributed by atoms with van der Waals surface area (Å²) < 4.78 is 13.9. The van der Waals surface area contributed by atoms with E-state index in [1.54, 1.807) is 11.6 Å². The summed E-state index contributed by atoms with van der Waals surface area (Å²) >= 11 is 0. The second kappa shape index (κ2) is 8.33. The lowest BCUT2D eigenvalue weighted by Gasteiger charge is -2.42. The number of pyridine rings is 2. The van der Waals surface area contributed by atoms with E-state index in [0.29, 0.717) is 17.3 Å². The number of fused-ring (bicyclic) bond motifs is 2. The van der Waals surface area contributed by atoms with Crippen LogP contribution < -0.4 is 9.47 Å². The molecule has 0 aromatic carbocycles. The summed E-state index contributed by atoms with van der Waals surface area (Å²) in [7, 11) is 5.86. The molecule has 0 bridgehead atoms. The monoisotopic (exact) mass is 448 g/mol. The fraction of sp³-hybridized carbons (Fsp3) is 0.480. The number of H-pyrrole nitrogens is 1. The summed E-state index contributed by atoms with van der Waals surface area (Å²) in [5.74, 6) is 1.61. The second-order valence-corrected chi connectivity index (χ2v) is 9.44. The molecule has 4 heterocycles. The minimum absolute atomic E-state index is 0.256. The van der Waals surface area contributed by atoms with E-state index in [-0.39, 0.29) is 11.6 Å². The van der Waals surface area contributed by atoms with Crippen LogP contribution in [0.3, 0.4) is 0 Å². The van der Waals surface area contributed by atoms with Crippen LogP contribution in [0.2, 0.25) is 0 Å². The number of nitrogens with zero attached hydrogens (tertiary/aromatic N) is 5. The number of nitrogens with one attached hydrogen (secondary N) is 1. The quantitative estimate of drug-likeness (QED) is 0.418. The molecule has 0 amide bonds. The van der Waals surface area contributed by atoms with E-state index in [9.17, 15) is 0 Å². The maximum Gasteiger partial charge on any atom is 0.215 e. The maximum absolute atomic E-state index is 6.60. The molecular formula is C25H32N6O2. The van der Waals surface area contributed by atoms with Crippen LogP contribution in [-0.4, -0.2) is 56.4 Å². The van der Waals surface area contributed by atoms with E-state index in [1.807, 2.05) is 18.3 Å². The van der Waals surface area contributed by atoms with E-state index >= 15 is 0 Å². The first-order chi connectivity index (χ1) is 15.9. The summed E-state index contributed by atoms with van der Waals surface area (Å²) in [5, 5.41) is 4.32. The van der Waals surface area contributed by atoms with Crippen molar-refractivity contribution in [3.8, 4) is 22.9 Å². The fourth-order valence-corrected chi connectivity index (χ4v) is 5.04. The van der Waals surface area contributed by atoms with Gasteiger partial charge < -0.3 is 14.5 Å².